The minimum absolute atomic E-state index is 0.0706. The molecule has 154 valence electrons. The van der Waals surface area contributed by atoms with E-state index in [1.165, 1.54) is 0 Å². The van der Waals surface area contributed by atoms with Crippen LogP contribution in [0.4, 0.5) is 0 Å². The van der Waals surface area contributed by atoms with Gasteiger partial charge in [-0.05, 0) is 50.8 Å². The number of hydrogen-bond acceptors (Lipinski definition) is 5. The molecule has 0 aliphatic carbocycles. The third kappa shape index (κ3) is 3.66. The van der Waals surface area contributed by atoms with E-state index in [2.05, 4.69) is 17.1 Å². The van der Waals surface area contributed by atoms with Crippen molar-refractivity contribution in [1.29, 1.82) is 0 Å². The molecule has 1 atom stereocenters. The van der Waals surface area contributed by atoms with E-state index >= 15 is 0 Å². The Morgan fingerprint density at radius 1 is 1.00 bits per heavy atom. The van der Waals surface area contributed by atoms with Gasteiger partial charge in [0.25, 0.3) is 5.91 Å². The van der Waals surface area contributed by atoms with Gasteiger partial charge < -0.3 is 15.0 Å². The number of rotatable bonds is 6. The lowest BCUT2D eigenvalue weighted by atomic mass is 10.1. The van der Waals surface area contributed by atoms with Crippen LogP contribution in [-0.2, 0) is 0 Å². The van der Waals surface area contributed by atoms with Gasteiger partial charge in [0.2, 0.25) is 0 Å². The second kappa shape index (κ2) is 8.24. The van der Waals surface area contributed by atoms with E-state index in [0.717, 1.165) is 40.5 Å². The number of aromatic nitrogens is 2. The minimum Gasteiger partial charge on any atom is -0.496 e. The Morgan fingerprint density at radius 3 is 2.50 bits per heavy atom. The Balaban J connectivity index is 1.86. The van der Waals surface area contributed by atoms with Gasteiger partial charge in [0.1, 0.15) is 11.3 Å². The standard InChI is InChI=1S/C24H26N4O2/c1-5-15(14-28(2)3)25-24(29)18-9-6-10-19-23(18)27-22-17-8-7-11-21(30-4)16(17)12-13-20(22)26-19/h6-13,15H,5,14H2,1-4H3,(H,25,29). The van der Waals surface area contributed by atoms with Crippen molar-refractivity contribution in [3.05, 3.63) is 54.1 Å². The summed E-state index contributed by atoms with van der Waals surface area (Å²) < 4.78 is 5.50. The summed E-state index contributed by atoms with van der Waals surface area (Å²) in [7, 11) is 5.67. The fourth-order valence-corrected chi connectivity index (χ4v) is 3.83. The van der Waals surface area contributed by atoms with Gasteiger partial charge in [0, 0.05) is 23.4 Å². The van der Waals surface area contributed by atoms with Crippen LogP contribution in [0.15, 0.2) is 48.5 Å². The summed E-state index contributed by atoms with van der Waals surface area (Å²) in [6, 6.07) is 15.5. The first kappa shape index (κ1) is 20.0. The molecule has 1 amide bonds. The van der Waals surface area contributed by atoms with Crippen molar-refractivity contribution in [2.45, 2.75) is 19.4 Å². The Kier molecular flexibility index (Phi) is 5.50. The van der Waals surface area contributed by atoms with Crippen LogP contribution in [0.25, 0.3) is 32.8 Å². The van der Waals surface area contributed by atoms with Gasteiger partial charge in [0.05, 0.1) is 29.2 Å². The van der Waals surface area contributed by atoms with Crippen LogP contribution in [-0.4, -0.2) is 54.6 Å². The molecule has 30 heavy (non-hydrogen) atoms. The van der Waals surface area contributed by atoms with Gasteiger partial charge in [0.15, 0.2) is 0 Å². The summed E-state index contributed by atoms with van der Waals surface area (Å²) >= 11 is 0. The van der Waals surface area contributed by atoms with Gasteiger partial charge in [-0.3, -0.25) is 4.79 Å². The topological polar surface area (TPSA) is 67.4 Å². The Bertz CT molecular complexity index is 1240. The third-order valence-electron chi connectivity index (χ3n) is 5.33. The number of nitrogens with one attached hydrogen (secondary N) is 1. The van der Waals surface area contributed by atoms with Crippen LogP contribution in [0.2, 0.25) is 0 Å². The van der Waals surface area contributed by atoms with Gasteiger partial charge >= 0.3 is 0 Å². The first-order valence-corrected chi connectivity index (χ1v) is 10.1. The van der Waals surface area contributed by atoms with Crippen molar-refractivity contribution in [3.8, 4) is 5.75 Å². The average molecular weight is 402 g/mol. The number of hydrogen-bond donors (Lipinski definition) is 1. The molecule has 4 rings (SSSR count). The monoisotopic (exact) mass is 402 g/mol. The molecule has 3 aromatic carbocycles. The molecular formula is C24H26N4O2. The lowest BCUT2D eigenvalue weighted by molar-refractivity contribution is 0.0930. The third-order valence-corrected chi connectivity index (χ3v) is 5.33. The zero-order chi connectivity index (χ0) is 21.3. The molecule has 0 saturated carbocycles. The molecule has 0 aliphatic heterocycles. The van der Waals surface area contributed by atoms with Crippen LogP contribution in [0.1, 0.15) is 23.7 Å². The number of fused-ring (bicyclic) bond motifs is 4. The minimum atomic E-state index is -0.124. The summed E-state index contributed by atoms with van der Waals surface area (Å²) in [6.07, 6.45) is 0.855. The fraction of sp³-hybridized carbons (Fsp3) is 0.292. The van der Waals surface area contributed by atoms with E-state index in [9.17, 15) is 4.79 Å². The Hall–Kier alpha value is -3.25. The van der Waals surface area contributed by atoms with Gasteiger partial charge in [-0.15, -0.1) is 0 Å². The lowest BCUT2D eigenvalue weighted by Crippen LogP contribution is -2.41. The number of para-hydroxylation sites is 1. The second-order valence-electron chi connectivity index (χ2n) is 7.73. The van der Waals surface area contributed by atoms with Crippen molar-refractivity contribution >= 4 is 38.7 Å². The number of nitrogens with zero attached hydrogens (tertiary/aromatic N) is 3. The molecule has 1 aromatic heterocycles. The number of likely N-dealkylation sites (N-methyl/N-ethyl adjacent to an activating group) is 1. The summed E-state index contributed by atoms with van der Waals surface area (Å²) in [5.74, 6) is 0.664. The summed E-state index contributed by atoms with van der Waals surface area (Å²) in [5, 5.41) is 5.07. The predicted molar refractivity (Wildman–Crippen MR) is 121 cm³/mol. The van der Waals surface area contributed by atoms with E-state index < -0.39 is 0 Å². The first-order chi connectivity index (χ1) is 14.5. The van der Waals surface area contributed by atoms with Crippen molar-refractivity contribution in [2.75, 3.05) is 27.7 Å². The summed E-state index contributed by atoms with van der Waals surface area (Å²) in [4.78, 5) is 24.9. The van der Waals surface area contributed by atoms with E-state index in [1.54, 1.807) is 7.11 Å². The van der Waals surface area contributed by atoms with Crippen molar-refractivity contribution in [2.24, 2.45) is 0 Å². The summed E-state index contributed by atoms with van der Waals surface area (Å²) in [6.45, 7) is 2.86. The zero-order valence-corrected chi connectivity index (χ0v) is 17.8. The zero-order valence-electron chi connectivity index (χ0n) is 17.8. The van der Waals surface area contributed by atoms with E-state index in [0.29, 0.717) is 16.6 Å². The molecule has 1 heterocycles. The smallest absolute Gasteiger partial charge is 0.253 e. The molecule has 4 aromatic rings. The number of carbonyl (C=O) groups excluding carboxylic acids is 1. The van der Waals surface area contributed by atoms with Crippen molar-refractivity contribution in [1.82, 2.24) is 20.2 Å². The molecule has 0 spiro atoms. The molecular weight excluding hydrogens is 376 g/mol. The highest BCUT2D eigenvalue weighted by atomic mass is 16.5. The van der Waals surface area contributed by atoms with Crippen molar-refractivity contribution < 1.29 is 9.53 Å². The fourth-order valence-electron chi connectivity index (χ4n) is 3.83. The molecule has 0 radical (unpaired) electrons. The van der Waals surface area contributed by atoms with E-state index in [1.807, 2.05) is 62.6 Å². The normalized spacial score (nSPS) is 12.6. The highest BCUT2D eigenvalue weighted by Crippen LogP contribution is 2.31. The van der Waals surface area contributed by atoms with E-state index in [-0.39, 0.29) is 11.9 Å². The predicted octanol–water partition coefficient (Wildman–Crippen LogP) is 4.01. The number of amides is 1. The number of ether oxygens (including phenoxy) is 1. The number of carbonyl (C=O) groups is 1. The second-order valence-corrected chi connectivity index (χ2v) is 7.73. The van der Waals surface area contributed by atoms with Crippen LogP contribution < -0.4 is 10.1 Å². The van der Waals surface area contributed by atoms with E-state index in [4.69, 9.17) is 14.7 Å². The molecule has 0 aliphatic rings. The molecule has 6 nitrogen and oxygen atoms in total. The van der Waals surface area contributed by atoms with Gasteiger partial charge in [-0.1, -0.05) is 25.1 Å². The largest absolute Gasteiger partial charge is 0.496 e. The highest BCUT2D eigenvalue weighted by Gasteiger charge is 2.17. The molecule has 1 unspecified atom stereocenters. The average Bonchev–Trinajstić information content (AvgIpc) is 2.75. The lowest BCUT2D eigenvalue weighted by Gasteiger charge is -2.21. The van der Waals surface area contributed by atoms with Crippen LogP contribution in [0.3, 0.4) is 0 Å². The number of benzene rings is 3. The molecule has 6 heteroatoms. The molecule has 0 bridgehead atoms. The number of methoxy groups -OCH3 is 1. The first-order valence-electron chi connectivity index (χ1n) is 10.1. The van der Waals surface area contributed by atoms with Crippen LogP contribution in [0.5, 0.6) is 5.75 Å². The van der Waals surface area contributed by atoms with Gasteiger partial charge in [-0.25, -0.2) is 9.97 Å². The SMILES string of the molecule is CCC(CN(C)C)NC(=O)c1cccc2nc3ccc4c(OC)cccc4c3nc12. The van der Waals surface area contributed by atoms with Crippen LogP contribution >= 0.6 is 0 Å². The Labute approximate surface area is 175 Å². The maximum atomic E-state index is 13.1. The highest BCUT2D eigenvalue weighted by molar-refractivity contribution is 6.11. The maximum absolute atomic E-state index is 13.1. The quantitative estimate of drug-likeness (QED) is 0.390. The molecule has 1 N–H and O–H groups in total. The maximum Gasteiger partial charge on any atom is 0.253 e. The van der Waals surface area contributed by atoms with Crippen molar-refractivity contribution in [3.63, 3.8) is 0 Å². The molecule has 0 fully saturated rings. The molecule has 0 saturated heterocycles. The summed E-state index contributed by atoms with van der Waals surface area (Å²) in [5.41, 5.74) is 3.41. The van der Waals surface area contributed by atoms with Crippen LogP contribution in [0, 0.1) is 0 Å². The Morgan fingerprint density at radius 2 is 1.77 bits per heavy atom. The van der Waals surface area contributed by atoms with Gasteiger partial charge in [-0.2, -0.15) is 0 Å².